The third-order valence-electron chi connectivity index (χ3n) is 5.52. The molecule has 0 saturated carbocycles. The molecule has 0 bridgehead atoms. The first-order valence-corrected chi connectivity index (χ1v) is 13.4. The van der Waals surface area contributed by atoms with E-state index in [9.17, 15) is 8.42 Å². The first-order chi connectivity index (χ1) is 17.0. The summed E-state index contributed by atoms with van der Waals surface area (Å²) in [5.74, 6) is 1.25. The molecule has 0 amide bonds. The average molecular weight is 502 g/mol. The van der Waals surface area contributed by atoms with Crippen LogP contribution in [0.3, 0.4) is 0 Å². The molecular weight excluding hydrogens is 478 g/mol. The van der Waals surface area contributed by atoms with Crippen molar-refractivity contribution < 1.29 is 8.42 Å². The monoisotopic (exact) mass is 501 g/mol. The van der Waals surface area contributed by atoms with E-state index in [4.69, 9.17) is 15.1 Å². The van der Waals surface area contributed by atoms with Crippen molar-refractivity contribution in [3.05, 3.63) is 101 Å². The summed E-state index contributed by atoms with van der Waals surface area (Å²) in [7, 11) is -3.73. The van der Waals surface area contributed by atoms with E-state index >= 15 is 0 Å². The van der Waals surface area contributed by atoms with Crippen molar-refractivity contribution in [3.8, 4) is 11.1 Å². The highest BCUT2D eigenvalue weighted by molar-refractivity contribution is 7.89. The lowest BCUT2D eigenvalue weighted by molar-refractivity contribution is 0.598. The van der Waals surface area contributed by atoms with Crippen LogP contribution in [0.25, 0.3) is 21.3 Å². The van der Waals surface area contributed by atoms with Crippen LogP contribution >= 0.6 is 11.3 Å². The summed E-state index contributed by atoms with van der Waals surface area (Å²) in [6.07, 6.45) is 0. The lowest BCUT2D eigenvalue weighted by Crippen LogP contribution is -2.12. The van der Waals surface area contributed by atoms with E-state index in [-0.39, 0.29) is 4.90 Å². The maximum Gasteiger partial charge on any atom is 0.238 e. The van der Waals surface area contributed by atoms with Crippen molar-refractivity contribution in [3.63, 3.8) is 0 Å². The van der Waals surface area contributed by atoms with Crippen molar-refractivity contribution in [2.24, 2.45) is 5.14 Å². The zero-order valence-electron chi connectivity index (χ0n) is 18.7. The Kier molecular flexibility index (Phi) is 6.45. The summed E-state index contributed by atoms with van der Waals surface area (Å²) in [5.41, 5.74) is 4.19. The van der Waals surface area contributed by atoms with E-state index in [1.54, 1.807) is 23.5 Å². The first kappa shape index (κ1) is 23.0. The molecule has 176 valence electrons. The topological polar surface area (TPSA) is 110 Å². The second-order valence-corrected chi connectivity index (χ2v) is 10.4. The van der Waals surface area contributed by atoms with Gasteiger partial charge in [-0.25, -0.2) is 18.5 Å². The highest BCUT2D eigenvalue weighted by Crippen LogP contribution is 2.37. The van der Waals surface area contributed by atoms with Gasteiger partial charge in [0.05, 0.1) is 10.3 Å². The molecule has 9 heteroatoms. The molecular formula is C26H23N5O2S2. The fraction of sp³-hybridized carbons (Fsp3) is 0.0769. The molecule has 0 atom stereocenters. The second kappa shape index (κ2) is 9.83. The van der Waals surface area contributed by atoms with Crippen LogP contribution in [0.5, 0.6) is 0 Å². The minimum absolute atomic E-state index is 0.0854. The quantitative estimate of drug-likeness (QED) is 0.269. The van der Waals surface area contributed by atoms with E-state index in [0.717, 1.165) is 32.5 Å². The number of nitrogens with zero attached hydrogens (tertiary/aromatic N) is 2. The van der Waals surface area contributed by atoms with Crippen molar-refractivity contribution in [1.29, 1.82) is 0 Å². The van der Waals surface area contributed by atoms with Crippen LogP contribution in [0, 0.1) is 0 Å². The van der Waals surface area contributed by atoms with Gasteiger partial charge in [0.2, 0.25) is 16.0 Å². The Balaban J connectivity index is 1.47. The molecule has 0 saturated heterocycles. The van der Waals surface area contributed by atoms with Crippen LogP contribution in [0.4, 0.5) is 11.8 Å². The Labute approximate surface area is 207 Å². The molecule has 2 aromatic heterocycles. The lowest BCUT2D eigenvalue weighted by atomic mass is 10.1. The molecule has 0 aliphatic rings. The summed E-state index contributed by atoms with van der Waals surface area (Å²) in [5, 5.41) is 15.0. The van der Waals surface area contributed by atoms with Crippen molar-refractivity contribution in [2.75, 3.05) is 10.6 Å². The zero-order valence-corrected chi connectivity index (χ0v) is 20.3. The van der Waals surface area contributed by atoms with E-state index in [1.165, 1.54) is 12.1 Å². The SMILES string of the molecule is NS(=O)(=O)c1ccc(CNc2nc(NCc3ccccc3)nc3scc(-c4ccccc4)c23)cc1. The molecule has 4 N–H and O–H groups in total. The molecule has 0 fully saturated rings. The Hall–Kier alpha value is -3.79. The number of rotatable bonds is 8. The van der Waals surface area contributed by atoms with E-state index in [0.29, 0.717) is 24.9 Å². The number of benzene rings is 3. The summed E-state index contributed by atoms with van der Waals surface area (Å²) < 4.78 is 23.1. The fourth-order valence-electron chi connectivity index (χ4n) is 3.74. The number of hydrogen-bond acceptors (Lipinski definition) is 7. The van der Waals surface area contributed by atoms with Gasteiger partial charge < -0.3 is 10.6 Å². The zero-order chi connectivity index (χ0) is 24.3. The highest BCUT2D eigenvalue weighted by Gasteiger charge is 2.16. The Morgan fingerprint density at radius 2 is 1.40 bits per heavy atom. The van der Waals surface area contributed by atoms with Gasteiger partial charge in [0.25, 0.3) is 0 Å². The lowest BCUT2D eigenvalue weighted by Gasteiger charge is -2.12. The summed E-state index contributed by atoms with van der Waals surface area (Å²) in [6, 6.07) is 26.7. The number of sulfonamides is 1. The Morgan fingerprint density at radius 1 is 0.771 bits per heavy atom. The van der Waals surface area contributed by atoms with Gasteiger partial charge in [0.15, 0.2) is 0 Å². The number of primary sulfonamides is 1. The van der Waals surface area contributed by atoms with Gasteiger partial charge in [-0.1, -0.05) is 72.8 Å². The van der Waals surface area contributed by atoms with Crippen molar-refractivity contribution >= 4 is 43.3 Å². The predicted molar refractivity (Wildman–Crippen MR) is 142 cm³/mol. The third-order valence-corrected chi connectivity index (χ3v) is 7.33. The first-order valence-electron chi connectivity index (χ1n) is 11.0. The predicted octanol–water partition coefficient (Wildman–Crippen LogP) is 5.23. The normalized spacial score (nSPS) is 11.5. The fourth-order valence-corrected chi connectivity index (χ4v) is 5.20. The summed E-state index contributed by atoms with van der Waals surface area (Å²) in [6.45, 7) is 1.07. The van der Waals surface area contributed by atoms with Gasteiger partial charge in [-0.05, 0) is 28.8 Å². The molecule has 5 aromatic rings. The molecule has 35 heavy (non-hydrogen) atoms. The molecule has 0 aliphatic heterocycles. The van der Waals surface area contributed by atoms with Crippen LogP contribution in [-0.2, 0) is 23.1 Å². The van der Waals surface area contributed by atoms with E-state index in [1.807, 2.05) is 36.4 Å². The third kappa shape index (κ3) is 5.32. The summed E-state index contributed by atoms with van der Waals surface area (Å²) in [4.78, 5) is 10.5. The maximum absolute atomic E-state index is 11.6. The highest BCUT2D eigenvalue weighted by atomic mass is 32.2. The van der Waals surface area contributed by atoms with Gasteiger partial charge in [-0.3, -0.25) is 0 Å². The number of thiophene rings is 1. The number of aromatic nitrogens is 2. The van der Waals surface area contributed by atoms with Crippen LogP contribution in [0.15, 0.2) is 95.2 Å². The molecule has 7 nitrogen and oxygen atoms in total. The molecule has 2 heterocycles. The van der Waals surface area contributed by atoms with Gasteiger partial charge in [-0.15, -0.1) is 11.3 Å². The second-order valence-electron chi connectivity index (χ2n) is 7.97. The largest absolute Gasteiger partial charge is 0.365 e. The molecule has 0 aliphatic carbocycles. The minimum Gasteiger partial charge on any atom is -0.365 e. The van der Waals surface area contributed by atoms with E-state index < -0.39 is 10.0 Å². The smallest absolute Gasteiger partial charge is 0.238 e. The standard InChI is InChI=1S/C26H23N5O2S2/c27-35(32,33)21-13-11-19(12-14-21)15-28-24-23-22(20-9-5-2-6-10-20)17-34-25(23)31-26(30-24)29-16-18-7-3-1-4-8-18/h1-14,17H,15-16H2,(H2,27,32,33)(H2,28,29,30,31). The van der Waals surface area contributed by atoms with Gasteiger partial charge in [-0.2, -0.15) is 4.98 Å². The maximum atomic E-state index is 11.6. The Bertz CT molecular complexity index is 1550. The van der Waals surface area contributed by atoms with E-state index in [2.05, 4.69) is 40.3 Å². The van der Waals surface area contributed by atoms with Crippen LogP contribution < -0.4 is 15.8 Å². The molecule has 0 spiro atoms. The molecule has 3 aromatic carbocycles. The van der Waals surface area contributed by atoms with Crippen molar-refractivity contribution in [2.45, 2.75) is 18.0 Å². The number of hydrogen-bond donors (Lipinski definition) is 3. The molecule has 0 unspecified atom stereocenters. The van der Waals surface area contributed by atoms with Crippen molar-refractivity contribution in [1.82, 2.24) is 9.97 Å². The number of nitrogens with two attached hydrogens (primary N) is 1. The molecule has 5 rings (SSSR count). The van der Waals surface area contributed by atoms with Crippen LogP contribution in [0.1, 0.15) is 11.1 Å². The molecule has 0 radical (unpaired) electrons. The average Bonchev–Trinajstić information content (AvgIpc) is 3.31. The number of fused-ring (bicyclic) bond motifs is 1. The number of nitrogens with one attached hydrogen (secondary N) is 2. The van der Waals surface area contributed by atoms with Crippen LogP contribution in [-0.4, -0.2) is 18.4 Å². The van der Waals surface area contributed by atoms with Gasteiger partial charge in [0.1, 0.15) is 10.6 Å². The minimum atomic E-state index is -3.73. The van der Waals surface area contributed by atoms with Gasteiger partial charge >= 0.3 is 0 Å². The summed E-state index contributed by atoms with van der Waals surface area (Å²) >= 11 is 1.57. The number of anilines is 2. The van der Waals surface area contributed by atoms with Gasteiger partial charge in [0, 0.05) is 24.0 Å². The van der Waals surface area contributed by atoms with Crippen LogP contribution in [0.2, 0.25) is 0 Å². The Morgan fingerprint density at radius 3 is 2.09 bits per heavy atom.